The zero-order valence-corrected chi connectivity index (χ0v) is 34.8. The number of amides is 5. The van der Waals surface area contributed by atoms with Gasteiger partial charge in [0.15, 0.2) is 0 Å². The highest BCUT2D eigenvalue weighted by Gasteiger charge is 2.68. The van der Waals surface area contributed by atoms with Gasteiger partial charge in [0, 0.05) is 23.5 Å². The number of rotatable bonds is 13. The Hall–Kier alpha value is -5.87. The molecule has 60 heavy (non-hydrogen) atoms. The number of aliphatic hydroxyl groups is 1. The van der Waals surface area contributed by atoms with E-state index in [0.717, 1.165) is 72.2 Å². The second-order valence-electron chi connectivity index (χ2n) is 17.0. The number of carbonyl (C=O) groups excluding carboxylic acids is 3. The van der Waals surface area contributed by atoms with Crippen molar-refractivity contribution in [3.63, 3.8) is 0 Å². The molecule has 2 heterocycles. The molecule has 10 heteroatoms. The van der Waals surface area contributed by atoms with Crippen molar-refractivity contribution in [3.8, 4) is 0 Å². The number of carbonyl (C=O) groups is 3. The van der Waals surface area contributed by atoms with Crippen molar-refractivity contribution in [2.24, 2.45) is 0 Å². The highest BCUT2D eigenvalue weighted by molar-refractivity contribution is 6.06. The van der Waals surface area contributed by atoms with Gasteiger partial charge in [-0.15, -0.1) is 0 Å². The maximum Gasteiger partial charge on any atom is 0.331 e. The highest BCUT2D eigenvalue weighted by Crippen LogP contribution is 2.43. The average Bonchev–Trinajstić information content (AvgIpc) is 3.70. The molecule has 2 saturated carbocycles. The van der Waals surface area contributed by atoms with Crippen LogP contribution in [0.4, 0.5) is 21.0 Å². The summed E-state index contributed by atoms with van der Waals surface area (Å²) in [6.45, 7) is 4.04. The molecule has 8 rings (SSSR count). The Morgan fingerprint density at radius 2 is 1.08 bits per heavy atom. The van der Waals surface area contributed by atoms with Gasteiger partial charge in [-0.05, 0) is 74.9 Å². The second kappa shape index (κ2) is 18.2. The maximum absolute atomic E-state index is 15.6. The van der Waals surface area contributed by atoms with Crippen LogP contribution in [-0.2, 0) is 4.79 Å². The number of nitrogens with zero attached hydrogens (tertiary/aromatic N) is 3. The molecule has 5 atom stereocenters. The number of hydrogen-bond donors (Lipinski definition) is 4. The van der Waals surface area contributed by atoms with Crippen LogP contribution in [0.5, 0.6) is 0 Å². The summed E-state index contributed by atoms with van der Waals surface area (Å²) in [6.07, 6.45) is 16.2. The molecular weight excluding hydrogens is 749 g/mol. The highest BCUT2D eigenvalue weighted by atomic mass is 16.4. The Morgan fingerprint density at radius 1 is 0.617 bits per heavy atom. The van der Waals surface area contributed by atoms with E-state index in [1.165, 1.54) is 14.7 Å². The molecular formula is C50H58N6O4. The third-order valence-corrected chi connectivity index (χ3v) is 12.7. The van der Waals surface area contributed by atoms with Crippen molar-refractivity contribution in [1.82, 2.24) is 20.0 Å². The van der Waals surface area contributed by atoms with Gasteiger partial charge < -0.3 is 21.1 Å². The monoisotopic (exact) mass is 806 g/mol. The molecule has 0 spiro atoms. The lowest BCUT2D eigenvalue weighted by molar-refractivity contribution is -0.195. The van der Waals surface area contributed by atoms with Crippen LogP contribution in [-0.4, -0.2) is 79.9 Å². The second-order valence-corrected chi connectivity index (χ2v) is 17.0. The first-order valence-electron chi connectivity index (χ1n) is 21.8. The Kier molecular flexibility index (Phi) is 12.4. The summed E-state index contributed by atoms with van der Waals surface area (Å²) < 4.78 is 0. The summed E-state index contributed by atoms with van der Waals surface area (Å²) in [7, 11) is 0. The van der Waals surface area contributed by atoms with Crippen molar-refractivity contribution < 1.29 is 19.5 Å². The zero-order valence-electron chi connectivity index (χ0n) is 34.8. The lowest BCUT2D eigenvalue weighted by atomic mass is 9.91. The smallest absolute Gasteiger partial charge is 0.331 e. The van der Waals surface area contributed by atoms with E-state index in [2.05, 4.69) is 16.0 Å². The first-order valence-corrected chi connectivity index (χ1v) is 21.8. The Balaban J connectivity index is 1.31. The fourth-order valence-electron chi connectivity index (χ4n) is 9.60. The summed E-state index contributed by atoms with van der Waals surface area (Å²) in [5.41, 5.74) is 5.58. The largest absolute Gasteiger partial charge is 0.376 e. The molecule has 0 bridgehead atoms. The normalized spacial score (nSPS) is 24.1. The van der Waals surface area contributed by atoms with E-state index in [4.69, 9.17) is 0 Å². The minimum atomic E-state index is -2.28. The molecule has 4 aliphatic rings. The summed E-state index contributed by atoms with van der Waals surface area (Å²) in [5, 5.41) is 24.5. The fraction of sp³-hybridized carbons (Fsp3) is 0.380. The lowest BCUT2D eigenvalue weighted by Crippen LogP contribution is -2.72. The van der Waals surface area contributed by atoms with Gasteiger partial charge in [0.1, 0.15) is 12.1 Å². The van der Waals surface area contributed by atoms with E-state index < -0.39 is 42.1 Å². The van der Waals surface area contributed by atoms with Crippen LogP contribution in [0.2, 0.25) is 0 Å². The molecule has 0 radical (unpaired) electrons. The van der Waals surface area contributed by atoms with Crippen molar-refractivity contribution >= 4 is 41.5 Å². The van der Waals surface area contributed by atoms with E-state index in [0.29, 0.717) is 25.7 Å². The summed E-state index contributed by atoms with van der Waals surface area (Å²) in [4.78, 5) is 50.1. The summed E-state index contributed by atoms with van der Waals surface area (Å²) in [5.74, 6) is -2.66. The van der Waals surface area contributed by atoms with Crippen LogP contribution in [0.1, 0.15) is 86.5 Å². The topological polar surface area (TPSA) is 117 Å². The number of benzene rings is 4. The van der Waals surface area contributed by atoms with E-state index in [-0.39, 0.29) is 18.0 Å². The van der Waals surface area contributed by atoms with Gasteiger partial charge in [0.2, 0.25) is 0 Å². The van der Waals surface area contributed by atoms with Crippen LogP contribution in [0.15, 0.2) is 121 Å². The quantitative estimate of drug-likeness (QED) is 0.100. The molecule has 0 aromatic heterocycles. The Labute approximate surface area is 354 Å². The minimum Gasteiger partial charge on any atom is -0.376 e. The van der Waals surface area contributed by atoms with Crippen LogP contribution in [0.25, 0.3) is 12.2 Å². The zero-order chi connectivity index (χ0) is 41.6. The van der Waals surface area contributed by atoms with Crippen LogP contribution < -0.4 is 16.0 Å². The maximum atomic E-state index is 15.6. The predicted octanol–water partition coefficient (Wildman–Crippen LogP) is 9.33. The van der Waals surface area contributed by atoms with Crippen LogP contribution in [0, 0.1) is 13.8 Å². The summed E-state index contributed by atoms with van der Waals surface area (Å²) in [6, 6.07) is 30.0. The number of nitrogens with one attached hydrogen (secondary N) is 3. The van der Waals surface area contributed by atoms with Gasteiger partial charge in [0.05, 0.1) is 12.1 Å². The van der Waals surface area contributed by atoms with Gasteiger partial charge >= 0.3 is 12.1 Å². The standard InChI is InChI=1S/C50H58N6O4/c1-35-23-29-39(30-24-35)51-43(33-27-37-15-7-3-8-16-37)45-47(57)54(41-19-11-5-12-20-41)49(59)56(45)50(60)46(53-48(58)55(50)42-21-13-6-14-22-42)44(34-28-38-17-9-4-10-18-38)52-40-31-25-36(2)26-32-40/h3-4,7-10,15-18,23-34,41-46,51-52,60H,5-6,11-14,19-22H2,1-2H3,(H,53,58)/b33-27+,34-28+/t43-,44-,45-,46?,50?/m1/s1. The van der Waals surface area contributed by atoms with Gasteiger partial charge in [0.25, 0.3) is 11.8 Å². The van der Waals surface area contributed by atoms with E-state index in [1.807, 2.05) is 147 Å². The third kappa shape index (κ3) is 8.57. The molecule has 2 aliphatic heterocycles. The molecule has 4 N–H and O–H groups in total. The number of hydrogen-bond acceptors (Lipinski definition) is 6. The van der Waals surface area contributed by atoms with Gasteiger partial charge in [-0.3, -0.25) is 19.5 Å². The van der Waals surface area contributed by atoms with E-state index in [9.17, 15) is 9.90 Å². The molecule has 10 nitrogen and oxygen atoms in total. The van der Waals surface area contributed by atoms with Crippen molar-refractivity contribution in [3.05, 3.63) is 144 Å². The first kappa shape index (κ1) is 40.9. The van der Waals surface area contributed by atoms with Crippen molar-refractivity contribution in [2.45, 2.75) is 120 Å². The molecule has 4 aromatic rings. The molecule has 4 fully saturated rings. The fourth-order valence-corrected chi connectivity index (χ4v) is 9.60. The van der Waals surface area contributed by atoms with Gasteiger partial charge in [-0.1, -0.05) is 159 Å². The Bertz CT molecular complexity index is 2150. The SMILES string of the molecule is Cc1ccc(N[C@H](/C=C/c2ccccc2)C2NC(=O)N(C3CCCCC3)C2(O)N2C(=O)N(C3CCCCC3)C(=O)[C@H]2[C@@H](/C=C/c2ccccc2)Nc2ccc(C)cc2)cc1. The van der Waals surface area contributed by atoms with E-state index >= 15 is 9.59 Å². The number of anilines is 2. The third-order valence-electron chi connectivity index (χ3n) is 12.7. The van der Waals surface area contributed by atoms with Gasteiger partial charge in [-0.2, -0.15) is 0 Å². The average molecular weight is 807 g/mol. The van der Waals surface area contributed by atoms with Gasteiger partial charge in [-0.25, -0.2) is 9.59 Å². The molecule has 4 aromatic carbocycles. The lowest BCUT2D eigenvalue weighted by Gasteiger charge is -2.49. The summed E-state index contributed by atoms with van der Waals surface area (Å²) >= 11 is 0. The molecule has 312 valence electrons. The predicted molar refractivity (Wildman–Crippen MR) is 239 cm³/mol. The van der Waals surface area contributed by atoms with E-state index in [1.54, 1.807) is 0 Å². The molecule has 2 saturated heterocycles. The minimum absolute atomic E-state index is 0.320. The molecule has 2 unspecified atom stereocenters. The molecule has 2 aliphatic carbocycles. The first-order chi connectivity index (χ1) is 29.2. The van der Waals surface area contributed by atoms with Crippen LogP contribution >= 0.6 is 0 Å². The molecule has 5 amide bonds. The number of imide groups is 1. The Morgan fingerprint density at radius 3 is 1.60 bits per heavy atom. The number of aryl methyl sites for hydroxylation is 2. The number of urea groups is 2. The van der Waals surface area contributed by atoms with Crippen LogP contribution in [0.3, 0.4) is 0 Å². The van der Waals surface area contributed by atoms with Crippen molar-refractivity contribution in [1.29, 1.82) is 0 Å². The van der Waals surface area contributed by atoms with Crippen molar-refractivity contribution in [2.75, 3.05) is 10.6 Å².